The summed E-state index contributed by atoms with van der Waals surface area (Å²) in [7, 11) is 0. The third-order valence-corrected chi connectivity index (χ3v) is 8.72. The number of benzene rings is 5. The van der Waals surface area contributed by atoms with E-state index < -0.39 is 5.41 Å². The van der Waals surface area contributed by atoms with Gasteiger partial charge in [-0.1, -0.05) is 78.9 Å². The van der Waals surface area contributed by atoms with Gasteiger partial charge in [0.05, 0.1) is 28.1 Å². The molecular weight excluding hydrogens is 518 g/mol. The van der Waals surface area contributed by atoms with Crippen LogP contribution in [0.3, 0.4) is 0 Å². The summed E-state index contributed by atoms with van der Waals surface area (Å²) in [5.41, 5.74) is 8.58. The largest absolute Gasteiger partial charge is 0.459 e. The van der Waals surface area contributed by atoms with Crippen molar-refractivity contribution in [2.75, 3.05) is 4.90 Å². The zero-order valence-electron chi connectivity index (χ0n) is 22.1. The topological polar surface area (TPSA) is 73.2 Å². The van der Waals surface area contributed by atoms with Gasteiger partial charge in [-0.25, -0.2) is 0 Å². The fraction of sp³-hybridized carbons (Fsp3) is 0.0270. The van der Waals surface area contributed by atoms with E-state index in [-0.39, 0.29) is 0 Å². The molecule has 9 rings (SSSR count). The lowest BCUT2D eigenvalue weighted by Gasteiger charge is -2.37. The monoisotopic (exact) mass is 537 g/mol. The molecule has 1 aliphatic heterocycles. The van der Waals surface area contributed by atoms with Gasteiger partial charge in [0, 0.05) is 11.1 Å². The molecule has 1 spiro atoms. The summed E-state index contributed by atoms with van der Waals surface area (Å²) in [6.07, 6.45) is 0. The molecule has 0 saturated carbocycles. The number of para-hydroxylation sites is 3. The normalized spacial score (nSPS) is 14.9. The van der Waals surface area contributed by atoms with E-state index in [4.69, 9.17) is 9.15 Å². The van der Waals surface area contributed by atoms with Crippen molar-refractivity contribution >= 4 is 28.0 Å². The molecule has 0 radical (unpaired) electrons. The molecule has 42 heavy (non-hydrogen) atoms. The standard InChI is InChI=1S/C37H19N3O2/c38-20-22-17-18-24(19-23(22)21-39)40-30-14-6-8-16-32(30)42-36-34(40)33-27-11-3-7-15-31(27)41-35(33)37(36)28-12-4-1-9-25(28)26-10-2-5-13-29(26)37/h1-19H. The molecule has 2 aliphatic carbocycles. The quantitative estimate of drug-likeness (QED) is 0.211. The van der Waals surface area contributed by atoms with Gasteiger partial charge in [0.1, 0.15) is 28.9 Å². The molecule has 0 N–H and O–H groups in total. The second kappa shape index (κ2) is 8.01. The van der Waals surface area contributed by atoms with Crippen LogP contribution in [0.4, 0.5) is 11.4 Å². The predicted molar refractivity (Wildman–Crippen MR) is 160 cm³/mol. The Morgan fingerprint density at radius 1 is 0.667 bits per heavy atom. The van der Waals surface area contributed by atoms with Gasteiger partial charge in [-0.2, -0.15) is 10.5 Å². The maximum absolute atomic E-state index is 9.94. The third-order valence-electron chi connectivity index (χ3n) is 8.72. The highest BCUT2D eigenvalue weighted by Crippen LogP contribution is 2.66. The van der Waals surface area contributed by atoms with Gasteiger partial charge in [0.2, 0.25) is 0 Å². The highest BCUT2D eigenvalue weighted by Gasteiger charge is 2.60. The lowest BCUT2D eigenvalue weighted by atomic mass is 9.76. The SMILES string of the molecule is N#Cc1ccc(N2C3=C(Oc4ccccc42)C2(c4ccccc4-c4ccccc42)c2oc4ccccc4c23)cc1C#N. The molecule has 6 aromatic rings. The fourth-order valence-corrected chi connectivity index (χ4v) is 7.09. The molecular formula is C37H19N3O2. The molecule has 1 aromatic heterocycles. The number of nitriles is 2. The Labute approximate surface area is 241 Å². The van der Waals surface area contributed by atoms with Gasteiger partial charge in [-0.05, 0) is 58.7 Å². The molecule has 0 atom stereocenters. The lowest BCUT2D eigenvalue weighted by Crippen LogP contribution is -2.32. The Hall–Kier alpha value is -6.04. The third kappa shape index (κ3) is 2.61. The van der Waals surface area contributed by atoms with Gasteiger partial charge in [-0.15, -0.1) is 0 Å². The van der Waals surface area contributed by atoms with Crippen LogP contribution in [0.15, 0.2) is 125 Å². The number of hydrogen-bond acceptors (Lipinski definition) is 5. The maximum Gasteiger partial charge on any atom is 0.152 e. The number of allylic oxidation sites excluding steroid dienone is 1. The van der Waals surface area contributed by atoms with Crippen LogP contribution in [0.25, 0.3) is 27.8 Å². The Kier molecular flexibility index (Phi) is 4.34. The van der Waals surface area contributed by atoms with Crippen molar-refractivity contribution in [2.45, 2.75) is 5.41 Å². The van der Waals surface area contributed by atoms with Gasteiger partial charge >= 0.3 is 0 Å². The predicted octanol–water partition coefficient (Wildman–Crippen LogP) is 8.40. The van der Waals surface area contributed by atoms with Crippen LogP contribution < -0.4 is 9.64 Å². The first-order valence-electron chi connectivity index (χ1n) is 13.7. The van der Waals surface area contributed by atoms with Gasteiger partial charge in [0.25, 0.3) is 0 Å². The van der Waals surface area contributed by atoms with E-state index >= 15 is 0 Å². The number of hydrogen-bond donors (Lipinski definition) is 0. The van der Waals surface area contributed by atoms with Crippen molar-refractivity contribution in [1.82, 2.24) is 0 Å². The van der Waals surface area contributed by atoms with Crippen molar-refractivity contribution in [1.29, 1.82) is 10.5 Å². The Bertz CT molecular complexity index is 2230. The van der Waals surface area contributed by atoms with Crippen LogP contribution >= 0.6 is 0 Å². The molecule has 5 nitrogen and oxygen atoms in total. The highest BCUT2D eigenvalue weighted by molar-refractivity contribution is 6.08. The first kappa shape index (κ1) is 22.7. The number of ether oxygens (including phenoxy) is 1. The molecule has 194 valence electrons. The number of rotatable bonds is 1. The summed E-state index contributed by atoms with van der Waals surface area (Å²) >= 11 is 0. The van der Waals surface area contributed by atoms with Crippen molar-refractivity contribution in [3.63, 3.8) is 0 Å². The molecule has 0 bridgehead atoms. The number of furan rings is 1. The molecule has 5 aromatic carbocycles. The zero-order valence-corrected chi connectivity index (χ0v) is 22.1. The number of anilines is 2. The smallest absolute Gasteiger partial charge is 0.152 e. The van der Waals surface area contributed by atoms with Crippen LogP contribution in [0, 0.1) is 22.7 Å². The van der Waals surface area contributed by atoms with E-state index in [0.29, 0.717) is 16.9 Å². The lowest BCUT2D eigenvalue weighted by molar-refractivity contribution is 0.346. The van der Waals surface area contributed by atoms with Crippen molar-refractivity contribution in [2.24, 2.45) is 0 Å². The van der Waals surface area contributed by atoms with Crippen LogP contribution in [0.2, 0.25) is 0 Å². The van der Waals surface area contributed by atoms with Crippen LogP contribution in [0.5, 0.6) is 5.75 Å². The molecule has 3 aliphatic rings. The van der Waals surface area contributed by atoms with E-state index in [0.717, 1.165) is 67.4 Å². The second-order valence-corrected chi connectivity index (χ2v) is 10.7. The maximum atomic E-state index is 9.94. The zero-order chi connectivity index (χ0) is 28.0. The van der Waals surface area contributed by atoms with E-state index in [9.17, 15) is 10.5 Å². The van der Waals surface area contributed by atoms with E-state index in [1.807, 2.05) is 48.5 Å². The Morgan fingerprint density at radius 3 is 2.10 bits per heavy atom. The van der Waals surface area contributed by atoms with Crippen LogP contribution in [-0.4, -0.2) is 0 Å². The van der Waals surface area contributed by atoms with Gasteiger partial charge in [0.15, 0.2) is 11.5 Å². The van der Waals surface area contributed by atoms with Crippen molar-refractivity contribution in [3.8, 4) is 29.0 Å². The van der Waals surface area contributed by atoms with E-state index in [1.54, 1.807) is 12.1 Å². The summed E-state index contributed by atoms with van der Waals surface area (Å²) in [4.78, 5) is 2.16. The van der Waals surface area contributed by atoms with Crippen LogP contribution in [0.1, 0.15) is 33.6 Å². The van der Waals surface area contributed by atoms with E-state index in [2.05, 4.69) is 71.6 Å². The first-order valence-corrected chi connectivity index (χ1v) is 13.7. The molecule has 0 saturated heterocycles. The fourth-order valence-electron chi connectivity index (χ4n) is 7.09. The van der Waals surface area contributed by atoms with Gasteiger partial charge in [-0.3, -0.25) is 0 Å². The van der Waals surface area contributed by atoms with Crippen molar-refractivity contribution in [3.05, 3.63) is 155 Å². The summed E-state index contributed by atoms with van der Waals surface area (Å²) in [5, 5.41) is 20.6. The molecule has 0 amide bonds. The number of fused-ring (bicyclic) bond motifs is 12. The summed E-state index contributed by atoms with van der Waals surface area (Å²) in [5.74, 6) is 2.29. The summed E-state index contributed by atoms with van der Waals surface area (Å²) in [6.45, 7) is 0. The highest BCUT2D eigenvalue weighted by atomic mass is 16.5. The number of nitrogens with zero attached hydrogens (tertiary/aromatic N) is 3. The average Bonchev–Trinajstić information content (AvgIpc) is 3.67. The minimum atomic E-state index is -0.826. The minimum Gasteiger partial charge on any atom is -0.459 e. The second-order valence-electron chi connectivity index (χ2n) is 10.7. The minimum absolute atomic E-state index is 0.322. The molecule has 5 heteroatoms. The average molecular weight is 538 g/mol. The Morgan fingerprint density at radius 2 is 1.33 bits per heavy atom. The van der Waals surface area contributed by atoms with Crippen molar-refractivity contribution < 1.29 is 9.15 Å². The Balaban J connectivity index is 1.47. The van der Waals surface area contributed by atoms with Crippen LogP contribution in [-0.2, 0) is 5.41 Å². The first-order chi connectivity index (χ1) is 20.8. The van der Waals surface area contributed by atoms with Gasteiger partial charge < -0.3 is 14.1 Å². The van der Waals surface area contributed by atoms with E-state index in [1.165, 1.54) is 0 Å². The summed E-state index contributed by atoms with van der Waals surface area (Å²) < 4.78 is 13.9. The molecule has 0 unspecified atom stereocenters. The molecule has 2 heterocycles. The molecule has 0 fully saturated rings. The summed E-state index contributed by atoms with van der Waals surface area (Å²) in [6, 6.07) is 42.8.